The fraction of sp³-hybridized carbons (Fsp3) is 0. The zero-order valence-electron chi connectivity index (χ0n) is 21.5. The normalized spacial score (nSPS) is 12.0. The van der Waals surface area contributed by atoms with E-state index < -0.39 is 0 Å². The number of rotatable bonds is 2. The topological polar surface area (TPSA) is 0 Å². The van der Waals surface area contributed by atoms with Crippen LogP contribution in [-0.2, 0) is 0 Å². The molecule has 0 amide bonds. The van der Waals surface area contributed by atoms with Crippen LogP contribution in [0.25, 0.3) is 84.1 Å². The third kappa shape index (κ3) is 3.06. The van der Waals surface area contributed by atoms with Crippen molar-refractivity contribution in [3.63, 3.8) is 0 Å². The van der Waals surface area contributed by atoms with Crippen LogP contribution < -0.4 is 0 Å². The second-order valence-corrected chi connectivity index (χ2v) is 12.5. The molecule has 9 rings (SSSR count). The predicted molar refractivity (Wildman–Crippen MR) is 178 cm³/mol. The summed E-state index contributed by atoms with van der Waals surface area (Å²) in [5.41, 5.74) is 5.23. The van der Waals surface area contributed by atoms with Crippen LogP contribution in [-0.4, -0.2) is 0 Å². The molecule has 186 valence electrons. The summed E-state index contributed by atoms with van der Waals surface area (Å²) >= 11 is 3.85. The Balaban J connectivity index is 1.54. The van der Waals surface area contributed by atoms with Crippen molar-refractivity contribution in [2.75, 3.05) is 0 Å². The van der Waals surface area contributed by atoms with Crippen molar-refractivity contribution in [1.29, 1.82) is 0 Å². The van der Waals surface area contributed by atoms with E-state index in [1.54, 1.807) is 0 Å². The van der Waals surface area contributed by atoms with Gasteiger partial charge in [-0.05, 0) is 62.0 Å². The van der Waals surface area contributed by atoms with E-state index in [0.717, 1.165) is 0 Å². The van der Waals surface area contributed by atoms with Gasteiger partial charge in [-0.15, -0.1) is 22.7 Å². The quantitative estimate of drug-likeness (QED) is 0.191. The molecule has 40 heavy (non-hydrogen) atoms. The average molecular weight is 543 g/mol. The van der Waals surface area contributed by atoms with Gasteiger partial charge in [-0.3, -0.25) is 0 Å². The van der Waals surface area contributed by atoms with Crippen molar-refractivity contribution in [2.24, 2.45) is 0 Å². The summed E-state index contributed by atoms with van der Waals surface area (Å²) in [6.07, 6.45) is 0. The molecule has 0 unspecified atom stereocenters. The summed E-state index contributed by atoms with van der Waals surface area (Å²) in [4.78, 5) is 0. The van der Waals surface area contributed by atoms with Gasteiger partial charge >= 0.3 is 0 Å². The molecule has 0 N–H and O–H groups in total. The molecule has 2 aromatic heterocycles. The first-order valence-corrected chi connectivity index (χ1v) is 15.2. The molecule has 0 atom stereocenters. The van der Waals surface area contributed by atoms with Crippen molar-refractivity contribution >= 4 is 84.6 Å². The molecule has 0 aliphatic rings. The summed E-state index contributed by atoms with van der Waals surface area (Å²) in [6.45, 7) is 0. The van der Waals surface area contributed by atoms with E-state index in [1.807, 2.05) is 22.7 Å². The largest absolute Gasteiger partial charge is 0.135 e. The van der Waals surface area contributed by atoms with Gasteiger partial charge in [0.25, 0.3) is 0 Å². The standard InChI is InChI=1S/C38H22S2/c1-2-12-23(13-3-1)34-24-14-4-6-16-26(24)35(27-17-7-5-15-25(27)34)30-22-33-37(29-19-9-10-20-31(29)39-33)38-36(30)28-18-8-11-21-32(28)40-38/h1-22H. The Morgan fingerprint density at radius 2 is 0.825 bits per heavy atom. The lowest BCUT2D eigenvalue weighted by atomic mass is 9.84. The van der Waals surface area contributed by atoms with Gasteiger partial charge in [-0.1, -0.05) is 115 Å². The zero-order chi connectivity index (χ0) is 26.2. The minimum Gasteiger partial charge on any atom is -0.135 e. The van der Waals surface area contributed by atoms with Crippen LogP contribution in [0, 0.1) is 0 Å². The van der Waals surface area contributed by atoms with E-state index in [0.29, 0.717) is 0 Å². The Morgan fingerprint density at radius 1 is 0.350 bits per heavy atom. The van der Waals surface area contributed by atoms with Crippen LogP contribution in [0.15, 0.2) is 133 Å². The molecule has 2 heteroatoms. The molecule has 0 aliphatic heterocycles. The van der Waals surface area contributed by atoms with Gasteiger partial charge in [0.15, 0.2) is 0 Å². The maximum absolute atomic E-state index is 2.48. The molecule has 0 saturated carbocycles. The molecule has 0 fully saturated rings. The van der Waals surface area contributed by atoms with Gasteiger partial charge in [0, 0.05) is 40.3 Å². The summed E-state index contributed by atoms with van der Waals surface area (Å²) in [5.74, 6) is 0. The fourth-order valence-corrected chi connectivity index (χ4v) is 9.13. The lowest BCUT2D eigenvalue weighted by Crippen LogP contribution is -1.91. The SMILES string of the molecule is c1ccc(-c2c3ccccc3c(-c3cc4sc5ccccc5c4c4sc5ccccc5c34)c3ccccc23)cc1. The Kier molecular flexibility index (Phi) is 4.74. The maximum atomic E-state index is 2.48. The number of fused-ring (bicyclic) bond motifs is 9. The van der Waals surface area contributed by atoms with Gasteiger partial charge in [-0.25, -0.2) is 0 Å². The van der Waals surface area contributed by atoms with E-state index in [2.05, 4.69) is 133 Å². The number of thiophene rings is 2. The molecule has 9 aromatic rings. The first-order chi connectivity index (χ1) is 19.9. The predicted octanol–water partition coefficient (Wildman–Crippen LogP) is 12.1. The van der Waals surface area contributed by atoms with Gasteiger partial charge in [0.2, 0.25) is 0 Å². The highest BCUT2D eigenvalue weighted by Crippen LogP contribution is 2.52. The second kappa shape index (κ2) is 8.50. The van der Waals surface area contributed by atoms with Crippen molar-refractivity contribution in [3.05, 3.63) is 133 Å². The number of hydrogen-bond acceptors (Lipinski definition) is 2. The number of benzene rings is 7. The lowest BCUT2D eigenvalue weighted by molar-refractivity contribution is 1.67. The van der Waals surface area contributed by atoms with Crippen LogP contribution >= 0.6 is 22.7 Å². The molecule has 0 radical (unpaired) electrons. The van der Waals surface area contributed by atoms with E-state index in [9.17, 15) is 0 Å². The highest BCUT2D eigenvalue weighted by Gasteiger charge is 2.22. The van der Waals surface area contributed by atoms with Crippen molar-refractivity contribution in [1.82, 2.24) is 0 Å². The fourth-order valence-electron chi connectivity index (χ4n) is 6.62. The second-order valence-electron chi connectivity index (χ2n) is 10.4. The van der Waals surface area contributed by atoms with Gasteiger partial charge in [0.1, 0.15) is 0 Å². The van der Waals surface area contributed by atoms with Gasteiger partial charge in [0.05, 0.1) is 0 Å². The molecule has 0 spiro atoms. The molecular weight excluding hydrogens is 521 g/mol. The van der Waals surface area contributed by atoms with Crippen LogP contribution in [0.1, 0.15) is 0 Å². The van der Waals surface area contributed by atoms with Crippen molar-refractivity contribution in [2.45, 2.75) is 0 Å². The minimum absolute atomic E-state index is 1.26. The molecule has 0 saturated heterocycles. The monoisotopic (exact) mass is 542 g/mol. The summed E-state index contributed by atoms with van der Waals surface area (Å²) < 4.78 is 5.44. The summed E-state index contributed by atoms with van der Waals surface area (Å²) in [6, 6.07) is 49.1. The van der Waals surface area contributed by atoms with E-state index >= 15 is 0 Å². The van der Waals surface area contributed by atoms with E-state index in [1.165, 1.54) is 84.1 Å². The third-order valence-corrected chi connectivity index (χ3v) is 10.6. The third-order valence-electron chi connectivity index (χ3n) is 8.25. The van der Waals surface area contributed by atoms with Crippen LogP contribution in [0.5, 0.6) is 0 Å². The maximum Gasteiger partial charge on any atom is 0.0454 e. The molecule has 0 nitrogen and oxygen atoms in total. The van der Waals surface area contributed by atoms with Crippen LogP contribution in [0.3, 0.4) is 0 Å². The summed E-state index contributed by atoms with van der Waals surface area (Å²) in [7, 11) is 0. The molecular formula is C38H22S2. The smallest absolute Gasteiger partial charge is 0.0454 e. The molecule has 7 aromatic carbocycles. The zero-order valence-corrected chi connectivity index (χ0v) is 23.2. The first kappa shape index (κ1) is 22.3. The average Bonchev–Trinajstić information content (AvgIpc) is 3.58. The molecule has 0 aliphatic carbocycles. The minimum atomic E-state index is 1.26. The van der Waals surface area contributed by atoms with E-state index in [4.69, 9.17) is 0 Å². The van der Waals surface area contributed by atoms with Crippen LogP contribution in [0.4, 0.5) is 0 Å². The molecule has 2 heterocycles. The van der Waals surface area contributed by atoms with Gasteiger partial charge < -0.3 is 0 Å². The van der Waals surface area contributed by atoms with E-state index in [-0.39, 0.29) is 0 Å². The highest BCUT2D eigenvalue weighted by atomic mass is 32.1. The molecule has 0 bridgehead atoms. The first-order valence-electron chi connectivity index (χ1n) is 13.6. The van der Waals surface area contributed by atoms with Gasteiger partial charge in [-0.2, -0.15) is 0 Å². The Bertz CT molecular complexity index is 2370. The number of hydrogen-bond donors (Lipinski definition) is 0. The highest BCUT2D eigenvalue weighted by molar-refractivity contribution is 7.30. The Hall–Kier alpha value is -4.50. The lowest BCUT2D eigenvalue weighted by Gasteiger charge is -2.18. The Labute approximate surface area is 239 Å². The van der Waals surface area contributed by atoms with Crippen molar-refractivity contribution in [3.8, 4) is 22.3 Å². The van der Waals surface area contributed by atoms with Crippen LogP contribution in [0.2, 0.25) is 0 Å². The summed E-state index contributed by atoms with van der Waals surface area (Å²) in [5, 5.41) is 10.7. The van der Waals surface area contributed by atoms with Crippen molar-refractivity contribution < 1.29 is 0 Å². The Morgan fingerprint density at radius 3 is 1.45 bits per heavy atom.